The fraction of sp³-hybridized carbons (Fsp3) is 0.375. The average Bonchev–Trinajstić information content (AvgIpc) is 3.04. The summed E-state index contributed by atoms with van der Waals surface area (Å²) >= 11 is 0. The standard InChI is InChI=1S/C32H40N4O7S/c1-23-7-13-29(14-8-23)44(39,40)35-30(32(38)34-25-9-11-26(12-10-25)36-16-18-43-19-17-36)6-4-5-15-33-31(37)24-20-27(41-2)22-28(21-24)42-3/h7-14,20-22,30,35H,4-6,15-19H2,1-3H3,(H,33,37)(H,34,38)/t30-/m0/s1. The van der Waals surface area contributed by atoms with Crippen molar-refractivity contribution in [3.63, 3.8) is 0 Å². The molecule has 0 radical (unpaired) electrons. The van der Waals surface area contributed by atoms with Crippen molar-refractivity contribution in [3.8, 4) is 11.5 Å². The fourth-order valence-electron chi connectivity index (χ4n) is 4.74. The number of methoxy groups -OCH3 is 2. The van der Waals surface area contributed by atoms with E-state index in [1.165, 1.54) is 26.4 Å². The van der Waals surface area contributed by atoms with Gasteiger partial charge in [-0.1, -0.05) is 17.7 Å². The van der Waals surface area contributed by atoms with Crippen molar-refractivity contribution < 1.29 is 32.2 Å². The van der Waals surface area contributed by atoms with E-state index in [4.69, 9.17) is 14.2 Å². The van der Waals surface area contributed by atoms with Crippen molar-refractivity contribution in [2.75, 3.05) is 57.3 Å². The molecule has 0 saturated carbocycles. The third kappa shape index (κ3) is 9.18. The Kier molecular flexibility index (Phi) is 11.6. The molecule has 0 unspecified atom stereocenters. The number of benzene rings is 3. The number of unbranched alkanes of at least 4 members (excludes halogenated alkanes) is 1. The molecule has 236 valence electrons. The second-order valence-corrected chi connectivity index (χ2v) is 12.2. The molecule has 44 heavy (non-hydrogen) atoms. The van der Waals surface area contributed by atoms with Crippen molar-refractivity contribution in [2.45, 2.75) is 37.1 Å². The first-order chi connectivity index (χ1) is 21.2. The minimum absolute atomic E-state index is 0.0803. The molecule has 12 heteroatoms. The van der Waals surface area contributed by atoms with Gasteiger partial charge in [0.25, 0.3) is 5.91 Å². The van der Waals surface area contributed by atoms with Crippen molar-refractivity contribution >= 4 is 33.2 Å². The second kappa shape index (κ2) is 15.6. The van der Waals surface area contributed by atoms with E-state index in [-0.39, 0.29) is 17.2 Å². The van der Waals surface area contributed by atoms with Crippen LogP contribution in [-0.4, -0.2) is 73.3 Å². The van der Waals surface area contributed by atoms with Crippen molar-refractivity contribution in [1.29, 1.82) is 0 Å². The van der Waals surface area contributed by atoms with Gasteiger partial charge in [-0.2, -0.15) is 4.72 Å². The monoisotopic (exact) mass is 624 g/mol. The number of hydrogen-bond donors (Lipinski definition) is 3. The molecule has 1 fully saturated rings. The Hall–Kier alpha value is -4.13. The number of anilines is 2. The summed E-state index contributed by atoms with van der Waals surface area (Å²) < 4.78 is 44.8. The van der Waals surface area contributed by atoms with Gasteiger partial charge in [0.2, 0.25) is 15.9 Å². The Bertz CT molecular complexity index is 1480. The van der Waals surface area contributed by atoms with E-state index in [0.717, 1.165) is 24.3 Å². The summed E-state index contributed by atoms with van der Waals surface area (Å²) in [5.74, 6) is 0.240. The number of nitrogens with one attached hydrogen (secondary N) is 3. The summed E-state index contributed by atoms with van der Waals surface area (Å²) in [6.07, 6.45) is 1.23. The summed E-state index contributed by atoms with van der Waals surface area (Å²) in [4.78, 5) is 28.4. The molecule has 1 aliphatic heterocycles. The first kappa shape index (κ1) is 32.8. The number of amides is 2. The van der Waals surface area contributed by atoms with E-state index in [2.05, 4.69) is 20.3 Å². The van der Waals surface area contributed by atoms with Crippen LogP contribution in [0.5, 0.6) is 11.5 Å². The van der Waals surface area contributed by atoms with Crippen LogP contribution >= 0.6 is 0 Å². The molecule has 3 N–H and O–H groups in total. The Morgan fingerprint density at radius 3 is 2.16 bits per heavy atom. The van der Waals surface area contributed by atoms with Gasteiger partial charge in [0.05, 0.1) is 32.3 Å². The summed E-state index contributed by atoms with van der Waals surface area (Å²) in [6, 6.07) is 17.8. The summed E-state index contributed by atoms with van der Waals surface area (Å²) in [6.45, 7) is 5.13. The maximum absolute atomic E-state index is 13.4. The Morgan fingerprint density at radius 2 is 1.55 bits per heavy atom. The van der Waals surface area contributed by atoms with Crippen LogP contribution in [0.15, 0.2) is 71.6 Å². The number of carbonyl (C=O) groups excluding carboxylic acids is 2. The Morgan fingerprint density at radius 1 is 0.909 bits per heavy atom. The molecule has 2 amide bonds. The zero-order chi connectivity index (χ0) is 31.5. The lowest BCUT2D eigenvalue weighted by atomic mass is 10.1. The van der Waals surface area contributed by atoms with Gasteiger partial charge < -0.3 is 29.7 Å². The number of morpholine rings is 1. The average molecular weight is 625 g/mol. The molecule has 0 aliphatic carbocycles. The molecule has 0 spiro atoms. The summed E-state index contributed by atoms with van der Waals surface area (Å²) in [5, 5.41) is 5.71. The van der Waals surface area contributed by atoms with Gasteiger partial charge in [0.1, 0.15) is 17.5 Å². The van der Waals surface area contributed by atoms with Crippen LogP contribution in [0.25, 0.3) is 0 Å². The minimum atomic E-state index is -3.96. The molecule has 4 rings (SSSR count). The van der Waals surface area contributed by atoms with Crippen LogP contribution < -0.4 is 29.7 Å². The molecule has 1 saturated heterocycles. The lowest BCUT2D eigenvalue weighted by Crippen LogP contribution is -2.43. The molecule has 3 aromatic carbocycles. The lowest BCUT2D eigenvalue weighted by molar-refractivity contribution is -0.117. The second-order valence-electron chi connectivity index (χ2n) is 10.5. The number of nitrogens with zero attached hydrogens (tertiary/aromatic N) is 1. The molecular formula is C32H40N4O7S. The normalized spacial score (nSPS) is 14.0. The molecule has 1 atom stereocenters. The highest BCUT2D eigenvalue weighted by molar-refractivity contribution is 7.89. The summed E-state index contributed by atoms with van der Waals surface area (Å²) in [5.41, 5.74) is 2.90. The maximum Gasteiger partial charge on any atom is 0.251 e. The smallest absolute Gasteiger partial charge is 0.251 e. The van der Waals surface area contributed by atoms with Gasteiger partial charge in [-0.25, -0.2) is 8.42 Å². The zero-order valence-corrected chi connectivity index (χ0v) is 26.1. The maximum atomic E-state index is 13.4. The van der Waals surface area contributed by atoms with Gasteiger partial charge in [-0.3, -0.25) is 9.59 Å². The van der Waals surface area contributed by atoms with Gasteiger partial charge >= 0.3 is 0 Å². The van der Waals surface area contributed by atoms with Crippen molar-refractivity contribution in [2.24, 2.45) is 0 Å². The lowest BCUT2D eigenvalue weighted by Gasteiger charge is -2.29. The van der Waals surface area contributed by atoms with E-state index in [0.29, 0.717) is 55.4 Å². The number of sulfonamides is 1. The van der Waals surface area contributed by atoms with Gasteiger partial charge in [-0.05, 0) is 74.7 Å². The molecule has 0 bridgehead atoms. The molecular weight excluding hydrogens is 584 g/mol. The molecule has 11 nitrogen and oxygen atoms in total. The van der Waals surface area contributed by atoms with Gasteiger partial charge in [0.15, 0.2) is 0 Å². The SMILES string of the molecule is COc1cc(OC)cc(C(=O)NCCCC[C@H](NS(=O)(=O)c2ccc(C)cc2)C(=O)Nc2ccc(N3CCOCC3)cc2)c1. The highest BCUT2D eigenvalue weighted by atomic mass is 32.2. The Balaban J connectivity index is 1.38. The van der Waals surface area contributed by atoms with Crippen molar-refractivity contribution in [1.82, 2.24) is 10.0 Å². The van der Waals surface area contributed by atoms with Gasteiger partial charge in [-0.15, -0.1) is 0 Å². The van der Waals surface area contributed by atoms with Crippen LogP contribution in [0.3, 0.4) is 0 Å². The minimum Gasteiger partial charge on any atom is -0.497 e. The van der Waals surface area contributed by atoms with E-state index in [1.54, 1.807) is 42.5 Å². The third-order valence-corrected chi connectivity index (χ3v) is 8.76. The highest BCUT2D eigenvalue weighted by Gasteiger charge is 2.26. The van der Waals surface area contributed by atoms with Crippen molar-refractivity contribution in [3.05, 3.63) is 77.9 Å². The van der Waals surface area contributed by atoms with E-state index >= 15 is 0 Å². The van der Waals surface area contributed by atoms with Crippen LogP contribution in [0.1, 0.15) is 35.2 Å². The first-order valence-corrected chi connectivity index (χ1v) is 16.0. The van der Waals surface area contributed by atoms with Gasteiger partial charge in [0, 0.05) is 42.6 Å². The number of aryl methyl sites for hydroxylation is 1. The highest BCUT2D eigenvalue weighted by Crippen LogP contribution is 2.23. The third-order valence-electron chi connectivity index (χ3n) is 7.28. The van der Waals surface area contributed by atoms with E-state index in [9.17, 15) is 18.0 Å². The summed E-state index contributed by atoms with van der Waals surface area (Å²) in [7, 11) is -0.942. The molecule has 1 aliphatic rings. The number of carbonyl (C=O) groups is 2. The van der Waals surface area contributed by atoms with Crippen LogP contribution in [-0.2, 0) is 19.6 Å². The van der Waals surface area contributed by atoms with E-state index in [1.807, 2.05) is 19.1 Å². The van der Waals surface area contributed by atoms with Crippen LogP contribution in [0.2, 0.25) is 0 Å². The quantitative estimate of drug-likeness (QED) is 0.231. The van der Waals surface area contributed by atoms with Crippen LogP contribution in [0.4, 0.5) is 11.4 Å². The largest absolute Gasteiger partial charge is 0.497 e. The number of hydrogen-bond acceptors (Lipinski definition) is 8. The number of rotatable bonds is 14. The fourth-order valence-corrected chi connectivity index (χ4v) is 5.97. The predicted molar refractivity (Wildman–Crippen MR) is 169 cm³/mol. The molecule has 1 heterocycles. The molecule has 3 aromatic rings. The predicted octanol–water partition coefficient (Wildman–Crippen LogP) is 3.73. The Labute approximate surface area is 258 Å². The molecule has 0 aromatic heterocycles. The van der Waals surface area contributed by atoms with E-state index < -0.39 is 22.0 Å². The zero-order valence-electron chi connectivity index (χ0n) is 25.3. The first-order valence-electron chi connectivity index (χ1n) is 14.5. The number of ether oxygens (including phenoxy) is 3. The van der Waals surface area contributed by atoms with Crippen LogP contribution in [0, 0.1) is 6.92 Å². The topological polar surface area (TPSA) is 135 Å².